The van der Waals surface area contributed by atoms with Gasteiger partial charge in [-0.05, 0) is 42.7 Å². The van der Waals surface area contributed by atoms with E-state index in [2.05, 4.69) is 21.5 Å². The summed E-state index contributed by atoms with van der Waals surface area (Å²) in [5.41, 5.74) is 1.89. The minimum Gasteiger partial charge on any atom is -0.384 e. The molecule has 0 unspecified atom stereocenters. The minimum absolute atomic E-state index is 0.0111. The van der Waals surface area contributed by atoms with Gasteiger partial charge in [-0.15, -0.1) is 0 Å². The molecule has 0 saturated heterocycles. The number of rotatable bonds is 7. The highest BCUT2D eigenvalue weighted by molar-refractivity contribution is 5.94. The molecule has 4 rings (SSSR count). The number of hydrogen-bond donors (Lipinski definition) is 2. The van der Waals surface area contributed by atoms with Gasteiger partial charge < -0.3 is 10.1 Å². The number of pyridine rings is 1. The van der Waals surface area contributed by atoms with E-state index in [1.54, 1.807) is 49.7 Å². The summed E-state index contributed by atoms with van der Waals surface area (Å²) in [6.45, 7) is 1.22. The van der Waals surface area contributed by atoms with Crippen molar-refractivity contribution < 1.29 is 9.53 Å². The number of carbonyl (C=O) groups is 1. The van der Waals surface area contributed by atoms with Crippen molar-refractivity contribution in [3.05, 3.63) is 70.3 Å². The third-order valence-corrected chi connectivity index (χ3v) is 6.07. The van der Waals surface area contributed by atoms with Crippen LogP contribution in [0.5, 0.6) is 0 Å². The van der Waals surface area contributed by atoms with Crippen LogP contribution < -0.4 is 10.9 Å². The summed E-state index contributed by atoms with van der Waals surface area (Å²) < 4.78 is 6.70. The second kappa shape index (κ2) is 9.20. The van der Waals surface area contributed by atoms with Gasteiger partial charge in [0, 0.05) is 31.5 Å². The predicted octanol–water partition coefficient (Wildman–Crippen LogP) is 3.04. The van der Waals surface area contributed by atoms with Crippen LogP contribution in [0.3, 0.4) is 0 Å². The number of amides is 1. The Kier molecular flexibility index (Phi) is 6.19. The van der Waals surface area contributed by atoms with Crippen LogP contribution in [0, 0.1) is 16.7 Å². The molecule has 2 N–H and O–H groups in total. The van der Waals surface area contributed by atoms with Crippen molar-refractivity contribution in [3.8, 4) is 23.0 Å². The topological polar surface area (TPSA) is 113 Å². The Balaban J connectivity index is 1.47. The van der Waals surface area contributed by atoms with Gasteiger partial charge in [-0.3, -0.25) is 14.7 Å². The van der Waals surface area contributed by atoms with E-state index in [0.29, 0.717) is 41.2 Å². The highest BCUT2D eigenvalue weighted by Gasteiger charge is 2.34. The summed E-state index contributed by atoms with van der Waals surface area (Å²) in [6, 6.07) is 12.1. The van der Waals surface area contributed by atoms with Gasteiger partial charge in [-0.2, -0.15) is 5.26 Å². The summed E-state index contributed by atoms with van der Waals surface area (Å²) in [6.07, 6.45) is 7.49. The summed E-state index contributed by atoms with van der Waals surface area (Å²) >= 11 is 0. The molecule has 164 valence electrons. The van der Waals surface area contributed by atoms with Gasteiger partial charge in [0.05, 0.1) is 29.4 Å². The molecule has 0 atom stereocenters. The lowest BCUT2D eigenvalue weighted by Crippen LogP contribution is -2.38. The number of carbonyl (C=O) groups excluding carboxylic acids is 1. The standard InChI is InChI=1S/C24H25N5O3/c1-32-16-24(10-2-3-11-24)15-27-22(30)19-8-9-21(26-13-19)29-23(31)20(14-28-29)18-6-4-17(12-25)5-7-18/h4-9,13-14,28H,2-3,10-11,15-16H2,1H3,(H,27,30). The van der Waals surface area contributed by atoms with Crippen molar-refractivity contribution in [2.45, 2.75) is 25.7 Å². The first-order chi connectivity index (χ1) is 15.5. The number of H-pyrrole nitrogens is 1. The summed E-state index contributed by atoms with van der Waals surface area (Å²) in [5, 5.41) is 14.9. The van der Waals surface area contributed by atoms with E-state index in [1.165, 1.54) is 10.9 Å². The fourth-order valence-electron chi connectivity index (χ4n) is 4.30. The Bertz CT molecular complexity index is 1180. The Morgan fingerprint density at radius 1 is 1.25 bits per heavy atom. The van der Waals surface area contributed by atoms with E-state index >= 15 is 0 Å². The number of nitrogens with one attached hydrogen (secondary N) is 2. The molecule has 32 heavy (non-hydrogen) atoms. The second-order valence-electron chi connectivity index (χ2n) is 8.24. The lowest BCUT2D eigenvalue weighted by Gasteiger charge is -2.28. The van der Waals surface area contributed by atoms with Crippen molar-refractivity contribution in [1.29, 1.82) is 5.26 Å². The maximum atomic E-state index is 12.8. The van der Waals surface area contributed by atoms with E-state index in [9.17, 15) is 9.59 Å². The Labute approximate surface area is 185 Å². The largest absolute Gasteiger partial charge is 0.384 e. The number of aromatic nitrogens is 3. The number of nitriles is 1. The number of nitrogens with zero attached hydrogens (tertiary/aromatic N) is 3. The third kappa shape index (κ3) is 4.34. The van der Waals surface area contributed by atoms with E-state index in [-0.39, 0.29) is 16.9 Å². The summed E-state index contributed by atoms with van der Waals surface area (Å²) in [5.74, 6) is 0.196. The van der Waals surface area contributed by atoms with Crippen LogP contribution >= 0.6 is 0 Å². The van der Waals surface area contributed by atoms with Gasteiger partial charge in [-0.1, -0.05) is 25.0 Å². The average Bonchev–Trinajstić information content (AvgIpc) is 3.45. The number of ether oxygens (including phenoxy) is 1. The van der Waals surface area contributed by atoms with E-state index < -0.39 is 0 Å². The maximum absolute atomic E-state index is 12.8. The molecule has 8 nitrogen and oxygen atoms in total. The smallest absolute Gasteiger partial charge is 0.280 e. The van der Waals surface area contributed by atoms with Crippen molar-refractivity contribution in [1.82, 2.24) is 20.1 Å². The fourth-order valence-corrected chi connectivity index (χ4v) is 4.30. The molecule has 0 spiro atoms. The molecule has 1 aliphatic rings. The first kappa shape index (κ1) is 21.5. The molecule has 2 aromatic heterocycles. The van der Waals surface area contributed by atoms with Crippen molar-refractivity contribution >= 4 is 5.91 Å². The zero-order chi connectivity index (χ0) is 22.6. The van der Waals surface area contributed by atoms with Crippen LogP contribution in [-0.2, 0) is 4.74 Å². The number of methoxy groups -OCH3 is 1. The van der Waals surface area contributed by atoms with E-state index in [4.69, 9.17) is 10.00 Å². The second-order valence-corrected chi connectivity index (χ2v) is 8.24. The van der Waals surface area contributed by atoms with Crippen LogP contribution in [0.2, 0.25) is 0 Å². The molecule has 8 heteroatoms. The highest BCUT2D eigenvalue weighted by atomic mass is 16.5. The van der Waals surface area contributed by atoms with Crippen LogP contribution in [0.25, 0.3) is 16.9 Å². The normalized spacial score (nSPS) is 14.8. The molecule has 1 saturated carbocycles. The molecule has 1 aliphatic carbocycles. The summed E-state index contributed by atoms with van der Waals surface area (Å²) in [4.78, 5) is 29.7. The molecule has 2 heterocycles. The summed E-state index contributed by atoms with van der Waals surface area (Å²) in [7, 11) is 1.69. The van der Waals surface area contributed by atoms with E-state index in [1.807, 2.05) is 0 Å². The maximum Gasteiger partial charge on any atom is 0.280 e. The lowest BCUT2D eigenvalue weighted by atomic mass is 9.87. The number of aromatic amines is 1. The van der Waals surface area contributed by atoms with Crippen molar-refractivity contribution in [3.63, 3.8) is 0 Å². The third-order valence-electron chi connectivity index (χ3n) is 6.07. The first-order valence-electron chi connectivity index (χ1n) is 10.6. The van der Waals surface area contributed by atoms with Crippen molar-refractivity contribution in [2.75, 3.05) is 20.3 Å². The van der Waals surface area contributed by atoms with Crippen LogP contribution in [0.4, 0.5) is 0 Å². The highest BCUT2D eigenvalue weighted by Crippen LogP contribution is 2.37. The van der Waals surface area contributed by atoms with Gasteiger partial charge in [0.1, 0.15) is 0 Å². The Hall–Kier alpha value is -3.70. The zero-order valence-electron chi connectivity index (χ0n) is 17.9. The molecular formula is C24H25N5O3. The molecule has 0 bridgehead atoms. The SMILES string of the molecule is COCC1(CNC(=O)c2ccc(-n3[nH]cc(-c4ccc(C#N)cc4)c3=O)nc2)CCCC1. The van der Waals surface area contributed by atoms with Gasteiger partial charge in [0.2, 0.25) is 0 Å². The Morgan fingerprint density at radius 2 is 2.00 bits per heavy atom. The minimum atomic E-state index is -0.262. The lowest BCUT2D eigenvalue weighted by molar-refractivity contribution is 0.0740. The fraction of sp³-hybridized carbons (Fsp3) is 0.333. The molecule has 1 aromatic carbocycles. The van der Waals surface area contributed by atoms with Crippen LogP contribution in [0.1, 0.15) is 41.6 Å². The van der Waals surface area contributed by atoms with Gasteiger partial charge in [0.15, 0.2) is 5.82 Å². The van der Waals surface area contributed by atoms with Crippen molar-refractivity contribution in [2.24, 2.45) is 5.41 Å². The molecule has 1 fully saturated rings. The molecular weight excluding hydrogens is 406 g/mol. The zero-order valence-corrected chi connectivity index (χ0v) is 17.9. The van der Waals surface area contributed by atoms with Gasteiger partial charge in [0.25, 0.3) is 11.5 Å². The molecule has 0 aliphatic heterocycles. The molecule has 3 aromatic rings. The number of hydrogen-bond acceptors (Lipinski definition) is 5. The molecule has 1 amide bonds. The van der Waals surface area contributed by atoms with Gasteiger partial charge in [-0.25, -0.2) is 9.67 Å². The Morgan fingerprint density at radius 3 is 2.62 bits per heavy atom. The quantitative estimate of drug-likeness (QED) is 0.597. The van der Waals surface area contributed by atoms with Crippen LogP contribution in [0.15, 0.2) is 53.6 Å². The molecule has 0 radical (unpaired) electrons. The monoisotopic (exact) mass is 431 g/mol. The first-order valence-corrected chi connectivity index (χ1v) is 10.6. The van der Waals surface area contributed by atoms with E-state index in [0.717, 1.165) is 25.7 Å². The van der Waals surface area contributed by atoms with Crippen LogP contribution in [-0.4, -0.2) is 40.9 Å². The predicted molar refractivity (Wildman–Crippen MR) is 119 cm³/mol. The average molecular weight is 431 g/mol. The number of benzene rings is 1. The van der Waals surface area contributed by atoms with Gasteiger partial charge >= 0.3 is 0 Å².